The molecule has 1 aromatic heterocycles. The fourth-order valence-electron chi connectivity index (χ4n) is 2.92. The SMILES string of the molecule is COc1ccc(-n2cc(C(=O)N(CCO)Cc3ccc(F)cc3)ccc2=O)cc1. The number of rotatable bonds is 7. The maximum Gasteiger partial charge on any atom is 0.255 e. The van der Waals surface area contributed by atoms with E-state index in [4.69, 9.17) is 4.74 Å². The van der Waals surface area contributed by atoms with Crippen LogP contribution < -0.4 is 10.3 Å². The van der Waals surface area contributed by atoms with Gasteiger partial charge in [-0.25, -0.2) is 4.39 Å². The quantitative estimate of drug-likeness (QED) is 0.667. The number of methoxy groups -OCH3 is 1. The van der Waals surface area contributed by atoms with Crippen molar-refractivity contribution in [3.05, 3.63) is 94.2 Å². The van der Waals surface area contributed by atoms with E-state index in [1.807, 2.05) is 0 Å². The summed E-state index contributed by atoms with van der Waals surface area (Å²) in [6.07, 6.45) is 1.47. The Morgan fingerprint density at radius 2 is 1.76 bits per heavy atom. The van der Waals surface area contributed by atoms with Crippen LogP contribution in [0, 0.1) is 5.82 Å². The molecule has 1 amide bonds. The second-order valence-electron chi connectivity index (χ2n) is 6.40. The molecule has 3 aromatic rings. The Morgan fingerprint density at radius 3 is 2.38 bits per heavy atom. The fourth-order valence-corrected chi connectivity index (χ4v) is 2.92. The minimum absolute atomic E-state index is 0.109. The number of carbonyl (C=O) groups excluding carboxylic acids is 1. The van der Waals surface area contributed by atoms with Crippen molar-refractivity contribution in [3.63, 3.8) is 0 Å². The highest BCUT2D eigenvalue weighted by Crippen LogP contribution is 2.15. The normalized spacial score (nSPS) is 10.6. The zero-order valence-corrected chi connectivity index (χ0v) is 15.9. The molecule has 0 spiro atoms. The lowest BCUT2D eigenvalue weighted by Gasteiger charge is -2.22. The Bertz CT molecular complexity index is 1030. The van der Waals surface area contributed by atoms with Crippen LogP contribution >= 0.6 is 0 Å². The van der Waals surface area contributed by atoms with E-state index < -0.39 is 0 Å². The van der Waals surface area contributed by atoms with Crippen molar-refractivity contribution < 1.29 is 19.0 Å². The molecule has 0 aliphatic heterocycles. The second-order valence-corrected chi connectivity index (χ2v) is 6.40. The van der Waals surface area contributed by atoms with Crippen LogP contribution in [-0.2, 0) is 6.54 Å². The number of aromatic nitrogens is 1. The third-order valence-electron chi connectivity index (χ3n) is 4.45. The van der Waals surface area contributed by atoms with Gasteiger partial charge in [-0.15, -0.1) is 0 Å². The van der Waals surface area contributed by atoms with Gasteiger partial charge in [0.1, 0.15) is 11.6 Å². The highest BCUT2D eigenvalue weighted by atomic mass is 19.1. The van der Waals surface area contributed by atoms with E-state index in [2.05, 4.69) is 0 Å². The topological polar surface area (TPSA) is 71.8 Å². The van der Waals surface area contributed by atoms with E-state index in [0.29, 0.717) is 17.0 Å². The first-order valence-corrected chi connectivity index (χ1v) is 9.03. The first kappa shape index (κ1) is 20.3. The molecule has 0 saturated heterocycles. The van der Waals surface area contributed by atoms with Crippen molar-refractivity contribution in [1.82, 2.24) is 9.47 Å². The molecular weight excluding hydrogens is 375 g/mol. The summed E-state index contributed by atoms with van der Waals surface area (Å²) in [5.41, 5.74) is 1.35. The van der Waals surface area contributed by atoms with E-state index in [0.717, 1.165) is 5.56 Å². The number of nitrogens with zero attached hydrogens (tertiary/aromatic N) is 2. The number of hydrogen-bond acceptors (Lipinski definition) is 4. The van der Waals surface area contributed by atoms with Gasteiger partial charge in [0.15, 0.2) is 0 Å². The summed E-state index contributed by atoms with van der Waals surface area (Å²) in [6, 6.07) is 15.5. The van der Waals surface area contributed by atoms with Crippen LogP contribution in [0.2, 0.25) is 0 Å². The van der Waals surface area contributed by atoms with Crippen molar-refractivity contribution in [1.29, 1.82) is 0 Å². The van der Waals surface area contributed by atoms with E-state index in [-0.39, 0.29) is 37.0 Å². The molecule has 0 saturated carbocycles. The van der Waals surface area contributed by atoms with Crippen LogP contribution in [-0.4, -0.2) is 40.7 Å². The average Bonchev–Trinajstić information content (AvgIpc) is 2.75. The van der Waals surface area contributed by atoms with Crippen LogP contribution in [0.4, 0.5) is 4.39 Å². The van der Waals surface area contributed by atoms with Crippen molar-refractivity contribution in [3.8, 4) is 11.4 Å². The Kier molecular flexibility index (Phi) is 6.41. The summed E-state index contributed by atoms with van der Waals surface area (Å²) in [7, 11) is 1.55. The maximum atomic E-state index is 13.1. The summed E-state index contributed by atoms with van der Waals surface area (Å²) in [5.74, 6) is -0.0477. The molecule has 150 valence electrons. The summed E-state index contributed by atoms with van der Waals surface area (Å²) >= 11 is 0. The van der Waals surface area contributed by atoms with E-state index in [1.54, 1.807) is 43.5 Å². The molecule has 0 atom stereocenters. The number of aliphatic hydroxyl groups excluding tert-OH is 1. The number of hydrogen-bond donors (Lipinski definition) is 1. The first-order valence-electron chi connectivity index (χ1n) is 9.03. The molecule has 0 bridgehead atoms. The highest BCUT2D eigenvalue weighted by Gasteiger charge is 2.17. The number of carbonyl (C=O) groups is 1. The number of amides is 1. The summed E-state index contributed by atoms with van der Waals surface area (Å²) in [6.45, 7) is 0.101. The maximum absolute atomic E-state index is 13.1. The highest BCUT2D eigenvalue weighted by molar-refractivity contribution is 5.94. The van der Waals surface area contributed by atoms with E-state index in [1.165, 1.54) is 39.9 Å². The molecule has 0 aliphatic rings. The molecule has 29 heavy (non-hydrogen) atoms. The Balaban J connectivity index is 1.89. The predicted molar refractivity (Wildman–Crippen MR) is 107 cm³/mol. The van der Waals surface area contributed by atoms with E-state index >= 15 is 0 Å². The first-order chi connectivity index (χ1) is 14.0. The van der Waals surface area contributed by atoms with Crippen molar-refractivity contribution >= 4 is 5.91 Å². The fraction of sp³-hybridized carbons (Fsp3) is 0.182. The molecule has 2 aromatic carbocycles. The lowest BCUT2D eigenvalue weighted by atomic mass is 10.1. The van der Waals surface area contributed by atoms with Gasteiger partial charge in [-0.3, -0.25) is 14.2 Å². The standard InChI is InChI=1S/C22H21FN2O4/c1-29-20-9-7-19(8-10-20)25-15-17(4-11-21(25)27)22(28)24(12-13-26)14-16-2-5-18(23)6-3-16/h2-11,15,26H,12-14H2,1H3. The zero-order chi connectivity index (χ0) is 20.8. The van der Waals surface area contributed by atoms with Crippen molar-refractivity contribution in [2.24, 2.45) is 0 Å². The number of benzene rings is 2. The van der Waals surface area contributed by atoms with Gasteiger partial charge in [0, 0.05) is 31.0 Å². The lowest BCUT2D eigenvalue weighted by molar-refractivity contribution is 0.0707. The number of halogens is 1. The van der Waals surface area contributed by atoms with Gasteiger partial charge in [0.05, 0.1) is 19.3 Å². The van der Waals surface area contributed by atoms with Crippen molar-refractivity contribution in [2.45, 2.75) is 6.54 Å². The smallest absolute Gasteiger partial charge is 0.255 e. The third-order valence-corrected chi connectivity index (χ3v) is 4.45. The monoisotopic (exact) mass is 396 g/mol. The van der Waals surface area contributed by atoms with Crippen LogP contribution in [0.1, 0.15) is 15.9 Å². The van der Waals surface area contributed by atoms with Crippen LogP contribution in [0.3, 0.4) is 0 Å². The van der Waals surface area contributed by atoms with Crippen molar-refractivity contribution in [2.75, 3.05) is 20.3 Å². The number of aliphatic hydroxyl groups is 1. The van der Waals surface area contributed by atoms with Crippen LogP contribution in [0.15, 0.2) is 71.7 Å². The second kappa shape index (κ2) is 9.16. The molecule has 0 unspecified atom stereocenters. The largest absolute Gasteiger partial charge is 0.497 e. The van der Waals surface area contributed by atoms with Gasteiger partial charge in [-0.1, -0.05) is 12.1 Å². The number of pyridine rings is 1. The van der Waals surface area contributed by atoms with Gasteiger partial charge >= 0.3 is 0 Å². The molecule has 6 nitrogen and oxygen atoms in total. The minimum Gasteiger partial charge on any atom is -0.497 e. The molecule has 0 fully saturated rings. The van der Waals surface area contributed by atoms with Gasteiger partial charge in [-0.2, -0.15) is 0 Å². The Labute approximate surface area is 167 Å². The van der Waals surface area contributed by atoms with Gasteiger partial charge < -0.3 is 14.7 Å². The lowest BCUT2D eigenvalue weighted by Crippen LogP contribution is -2.34. The molecule has 0 radical (unpaired) electrons. The molecular formula is C22H21FN2O4. The Morgan fingerprint density at radius 1 is 1.07 bits per heavy atom. The van der Waals surface area contributed by atoms with Gasteiger partial charge in [-0.05, 0) is 48.0 Å². The number of ether oxygens (including phenoxy) is 1. The molecule has 3 rings (SSSR count). The van der Waals surface area contributed by atoms with Crippen LogP contribution in [0.5, 0.6) is 5.75 Å². The van der Waals surface area contributed by atoms with E-state index in [9.17, 15) is 19.1 Å². The van der Waals surface area contributed by atoms with Gasteiger partial charge in [0.2, 0.25) is 0 Å². The predicted octanol–water partition coefficient (Wildman–Crippen LogP) is 2.62. The summed E-state index contributed by atoms with van der Waals surface area (Å²) in [4.78, 5) is 26.8. The Hall–Kier alpha value is -3.45. The summed E-state index contributed by atoms with van der Waals surface area (Å²) < 4.78 is 19.6. The molecule has 1 N–H and O–H groups in total. The molecule has 1 heterocycles. The molecule has 0 aliphatic carbocycles. The van der Waals surface area contributed by atoms with Gasteiger partial charge in [0.25, 0.3) is 11.5 Å². The molecule has 7 heteroatoms. The zero-order valence-electron chi connectivity index (χ0n) is 15.9. The van der Waals surface area contributed by atoms with Crippen LogP contribution in [0.25, 0.3) is 5.69 Å². The summed E-state index contributed by atoms with van der Waals surface area (Å²) in [5, 5.41) is 9.36. The third kappa shape index (κ3) is 4.89. The average molecular weight is 396 g/mol. The minimum atomic E-state index is -0.361.